The van der Waals surface area contributed by atoms with Gasteiger partial charge < -0.3 is 4.90 Å². The second-order valence-electron chi connectivity index (χ2n) is 5.53. The van der Waals surface area contributed by atoms with Crippen molar-refractivity contribution in [2.24, 2.45) is 0 Å². The van der Waals surface area contributed by atoms with Crippen LogP contribution in [-0.2, 0) is 0 Å². The second kappa shape index (κ2) is 4.81. The van der Waals surface area contributed by atoms with Gasteiger partial charge in [0.05, 0.1) is 5.52 Å². The lowest BCUT2D eigenvalue weighted by Crippen LogP contribution is -2.40. The van der Waals surface area contributed by atoms with Gasteiger partial charge in [0.25, 0.3) is 0 Å². The Bertz CT molecular complexity index is 620. The standard InChI is InChI=1S/C14H20N4O/c1-10(2)17-8-5-11(6-9-17)18-12-4-3-7-15-13(12)16-14(18)19/h3-4,7,10-11H,5-6,8-9H2,1-2H3,(H,15,16,19). The van der Waals surface area contributed by atoms with Gasteiger partial charge in [0, 0.05) is 31.4 Å². The molecule has 0 bridgehead atoms. The molecule has 0 atom stereocenters. The fourth-order valence-corrected chi connectivity index (χ4v) is 2.98. The van der Waals surface area contributed by atoms with Gasteiger partial charge in [-0.2, -0.15) is 0 Å². The number of fused-ring (bicyclic) bond motifs is 1. The molecule has 1 N–H and O–H groups in total. The van der Waals surface area contributed by atoms with Crippen LogP contribution in [0.25, 0.3) is 11.2 Å². The van der Waals surface area contributed by atoms with E-state index in [1.54, 1.807) is 6.20 Å². The molecule has 5 heteroatoms. The molecule has 1 aliphatic heterocycles. The van der Waals surface area contributed by atoms with Gasteiger partial charge in [-0.3, -0.25) is 9.55 Å². The van der Waals surface area contributed by atoms with Crippen LogP contribution in [0, 0.1) is 0 Å². The van der Waals surface area contributed by atoms with E-state index in [-0.39, 0.29) is 5.69 Å². The summed E-state index contributed by atoms with van der Waals surface area (Å²) in [7, 11) is 0. The van der Waals surface area contributed by atoms with Crippen molar-refractivity contribution >= 4 is 11.2 Å². The third kappa shape index (κ3) is 2.18. The van der Waals surface area contributed by atoms with Gasteiger partial charge >= 0.3 is 5.69 Å². The summed E-state index contributed by atoms with van der Waals surface area (Å²) in [5, 5.41) is 0. The van der Waals surface area contributed by atoms with Crippen LogP contribution in [0.1, 0.15) is 32.7 Å². The molecule has 0 spiro atoms. The number of likely N-dealkylation sites (tertiary alicyclic amines) is 1. The molecule has 1 fully saturated rings. The Balaban J connectivity index is 1.90. The van der Waals surface area contributed by atoms with Crippen LogP contribution in [0.4, 0.5) is 0 Å². The lowest BCUT2D eigenvalue weighted by Gasteiger charge is -2.34. The van der Waals surface area contributed by atoms with Gasteiger partial charge in [-0.15, -0.1) is 0 Å². The van der Waals surface area contributed by atoms with Crippen molar-refractivity contribution in [3.63, 3.8) is 0 Å². The first kappa shape index (κ1) is 12.4. The van der Waals surface area contributed by atoms with E-state index in [2.05, 4.69) is 28.7 Å². The van der Waals surface area contributed by atoms with Gasteiger partial charge in [0.1, 0.15) is 0 Å². The highest BCUT2D eigenvalue weighted by Gasteiger charge is 2.24. The molecule has 1 saturated heterocycles. The molecule has 0 amide bonds. The molecule has 2 aromatic rings. The summed E-state index contributed by atoms with van der Waals surface area (Å²) in [6.45, 7) is 6.56. The number of hydrogen-bond acceptors (Lipinski definition) is 3. The summed E-state index contributed by atoms with van der Waals surface area (Å²) in [5.74, 6) is 0. The molecule has 0 radical (unpaired) electrons. The second-order valence-corrected chi connectivity index (χ2v) is 5.53. The lowest BCUT2D eigenvalue weighted by atomic mass is 10.0. The van der Waals surface area contributed by atoms with Crippen LogP contribution in [0.3, 0.4) is 0 Å². The maximum Gasteiger partial charge on any atom is 0.327 e. The first-order valence-corrected chi connectivity index (χ1v) is 6.96. The van der Waals surface area contributed by atoms with Crippen LogP contribution in [0.2, 0.25) is 0 Å². The maximum atomic E-state index is 12.1. The van der Waals surface area contributed by atoms with E-state index >= 15 is 0 Å². The van der Waals surface area contributed by atoms with Crippen LogP contribution in [0.5, 0.6) is 0 Å². The smallest absolute Gasteiger partial charge is 0.301 e. The predicted octanol–water partition coefficient (Wildman–Crippen LogP) is 1.77. The molecule has 3 rings (SSSR count). The normalized spacial score (nSPS) is 18.5. The van der Waals surface area contributed by atoms with Crippen LogP contribution >= 0.6 is 0 Å². The monoisotopic (exact) mass is 260 g/mol. The van der Waals surface area contributed by atoms with Crippen LogP contribution in [-0.4, -0.2) is 38.6 Å². The van der Waals surface area contributed by atoms with Crippen molar-refractivity contribution in [1.82, 2.24) is 19.4 Å². The first-order valence-electron chi connectivity index (χ1n) is 6.96. The van der Waals surface area contributed by atoms with Crippen molar-refractivity contribution in [2.45, 2.75) is 38.8 Å². The minimum Gasteiger partial charge on any atom is -0.301 e. The molecule has 0 unspecified atom stereocenters. The zero-order valence-electron chi connectivity index (χ0n) is 11.5. The number of piperidine rings is 1. The molecule has 2 aromatic heterocycles. The number of rotatable bonds is 2. The molecule has 102 valence electrons. The average Bonchev–Trinajstić information content (AvgIpc) is 2.74. The highest BCUT2D eigenvalue weighted by molar-refractivity contribution is 5.70. The Morgan fingerprint density at radius 2 is 2.11 bits per heavy atom. The van der Waals surface area contributed by atoms with Gasteiger partial charge in [0.2, 0.25) is 0 Å². The van der Waals surface area contributed by atoms with Gasteiger partial charge in [0.15, 0.2) is 5.65 Å². The van der Waals surface area contributed by atoms with E-state index in [4.69, 9.17) is 0 Å². The van der Waals surface area contributed by atoms with E-state index in [0.29, 0.717) is 17.7 Å². The number of hydrogen-bond donors (Lipinski definition) is 1. The Hall–Kier alpha value is -1.62. The van der Waals surface area contributed by atoms with Gasteiger partial charge in [-0.25, -0.2) is 9.78 Å². The quantitative estimate of drug-likeness (QED) is 0.895. The highest BCUT2D eigenvalue weighted by atomic mass is 16.1. The molecular formula is C14H20N4O. The summed E-state index contributed by atoms with van der Waals surface area (Å²) in [4.78, 5) is 21.6. The molecule has 0 aliphatic carbocycles. The molecular weight excluding hydrogens is 240 g/mol. The zero-order chi connectivity index (χ0) is 13.4. The number of H-pyrrole nitrogens is 1. The SMILES string of the molecule is CC(C)N1CCC(n2c(=O)[nH]c3ncccc32)CC1. The predicted molar refractivity (Wildman–Crippen MR) is 75.3 cm³/mol. The van der Waals surface area contributed by atoms with E-state index in [1.807, 2.05) is 16.7 Å². The maximum absolute atomic E-state index is 12.1. The van der Waals surface area contributed by atoms with Crippen molar-refractivity contribution in [1.29, 1.82) is 0 Å². The van der Waals surface area contributed by atoms with Crippen molar-refractivity contribution in [3.8, 4) is 0 Å². The Kier molecular flexibility index (Phi) is 3.14. The Morgan fingerprint density at radius 1 is 1.37 bits per heavy atom. The third-order valence-corrected chi connectivity index (χ3v) is 4.08. The molecule has 19 heavy (non-hydrogen) atoms. The average molecular weight is 260 g/mol. The zero-order valence-corrected chi connectivity index (χ0v) is 11.5. The largest absolute Gasteiger partial charge is 0.327 e. The van der Waals surface area contributed by atoms with E-state index in [1.165, 1.54) is 0 Å². The summed E-state index contributed by atoms with van der Waals surface area (Å²) < 4.78 is 1.89. The topological polar surface area (TPSA) is 53.9 Å². The summed E-state index contributed by atoms with van der Waals surface area (Å²) in [6, 6.07) is 4.73. The van der Waals surface area contributed by atoms with E-state index < -0.39 is 0 Å². The van der Waals surface area contributed by atoms with Crippen molar-refractivity contribution in [2.75, 3.05) is 13.1 Å². The molecule has 3 heterocycles. The molecule has 5 nitrogen and oxygen atoms in total. The fraction of sp³-hybridized carbons (Fsp3) is 0.571. The third-order valence-electron chi connectivity index (χ3n) is 4.08. The number of aromatic amines is 1. The van der Waals surface area contributed by atoms with Crippen LogP contribution in [0.15, 0.2) is 23.1 Å². The van der Waals surface area contributed by atoms with Gasteiger partial charge in [-0.05, 0) is 38.8 Å². The Labute approximate surface area is 112 Å². The number of imidazole rings is 1. The summed E-state index contributed by atoms with van der Waals surface area (Å²) in [5.41, 5.74) is 1.59. The summed E-state index contributed by atoms with van der Waals surface area (Å²) in [6.07, 6.45) is 3.77. The minimum absolute atomic E-state index is 0.0308. The molecule has 0 aromatic carbocycles. The van der Waals surface area contributed by atoms with Crippen molar-refractivity contribution in [3.05, 3.63) is 28.8 Å². The van der Waals surface area contributed by atoms with E-state index in [9.17, 15) is 4.79 Å². The minimum atomic E-state index is -0.0308. The Morgan fingerprint density at radius 3 is 2.79 bits per heavy atom. The number of pyridine rings is 1. The van der Waals surface area contributed by atoms with Gasteiger partial charge in [-0.1, -0.05) is 0 Å². The van der Waals surface area contributed by atoms with E-state index in [0.717, 1.165) is 31.4 Å². The molecule has 1 aliphatic rings. The number of nitrogens with zero attached hydrogens (tertiary/aromatic N) is 3. The first-order chi connectivity index (χ1) is 9.16. The van der Waals surface area contributed by atoms with Crippen LogP contribution < -0.4 is 5.69 Å². The lowest BCUT2D eigenvalue weighted by molar-refractivity contribution is 0.152. The molecule has 0 saturated carbocycles. The fourth-order valence-electron chi connectivity index (χ4n) is 2.98. The highest BCUT2D eigenvalue weighted by Crippen LogP contribution is 2.24. The summed E-state index contributed by atoms with van der Waals surface area (Å²) >= 11 is 0. The number of aromatic nitrogens is 3. The number of nitrogens with one attached hydrogen (secondary N) is 1. The van der Waals surface area contributed by atoms with Crippen molar-refractivity contribution < 1.29 is 0 Å².